The van der Waals surface area contributed by atoms with Crippen LogP contribution in [-0.2, 0) is 16.6 Å². The molecule has 8 heteroatoms. The van der Waals surface area contributed by atoms with E-state index in [4.69, 9.17) is 17.4 Å². The minimum absolute atomic E-state index is 0.0976. The van der Waals surface area contributed by atoms with Gasteiger partial charge >= 0.3 is 0 Å². The quantitative estimate of drug-likeness (QED) is 0.746. The fraction of sp³-hybridized carbons (Fsp3) is 0.167. The smallest absolute Gasteiger partial charge is 0.238 e. The first-order chi connectivity index (χ1) is 9.34. The lowest BCUT2D eigenvalue weighted by Crippen LogP contribution is -2.12. The van der Waals surface area contributed by atoms with E-state index in [9.17, 15) is 8.42 Å². The van der Waals surface area contributed by atoms with Gasteiger partial charge in [-0.3, -0.25) is 0 Å². The molecule has 106 valence electrons. The van der Waals surface area contributed by atoms with Crippen LogP contribution in [0.25, 0.3) is 0 Å². The highest BCUT2D eigenvalue weighted by molar-refractivity contribution is 7.89. The number of nitrogens with two attached hydrogens (primary N) is 1. The Morgan fingerprint density at radius 2 is 2.00 bits per heavy atom. The number of anilines is 1. The third-order valence-corrected chi connectivity index (χ3v) is 3.73. The molecule has 20 heavy (non-hydrogen) atoms. The zero-order chi connectivity index (χ0) is 14.8. The van der Waals surface area contributed by atoms with E-state index in [2.05, 4.69) is 15.3 Å². The van der Waals surface area contributed by atoms with Crippen LogP contribution >= 0.6 is 12.2 Å². The van der Waals surface area contributed by atoms with E-state index in [0.29, 0.717) is 11.2 Å². The molecule has 2 rings (SSSR count). The van der Waals surface area contributed by atoms with Gasteiger partial charge in [0.1, 0.15) is 16.3 Å². The van der Waals surface area contributed by atoms with Crippen LogP contribution in [0.4, 0.5) is 5.82 Å². The monoisotopic (exact) mass is 310 g/mol. The topological polar surface area (TPSA) is 101 Å². The van der Waals surface area contributed by atoms with Crippen LogP contribution in [0.3, 0.4) is 0 Å². The highest BCUT2D eigenvalue weighted by Gasteiger charge is 2.06. The lowest BCUT2D eigenvalue weighted by molar-refractivity contribution is 0.598. The maximum Gasteiger partial charge on any atom is 0.238 e. The number of aryl methyl sites for hydroxylation is 1. The Hall–Kier alpha value is -1.77. The molecule has 2 aromatic rings. The van der Waals surface area contributed by atoms with E-state index in [1.165, 1.54) is 12.1 Å². The largest absolute Gasteiger partial charge is 0.367 e. The highest BCUT2D eigenvalue weighted by atomic mass is 32.2. The minimum atomic E-state index is -3.65. The van der Waals surface area contributed by atoms with E-state index in [1.807, 2.05) is 6.92 Å². The van der Waals surface area contributed by atoms with Crippen molar-refractivity contribution in [3.8, 4) is 0 Å². The summed E-state index contributed by atoms with van der Waals surface area (Å²) in [7, 11) is -3.65. The van der Waals surface area contributed by atoms with Crippen molar-refractivity contribution in [2.45, 2.75) is 18.4 Å². The Labute approximate surface area is 122 Å². The molecule has 0 bridgehead atoms. The maximum atomic E-state index is 11.1. The summed E-state index contributed by atoms with van der Waals surface area (Å²) in [5.74, 6) is 1.49. The van der Waals surface area contributed by atoms with E-state index in [1.54, 1.807) is 18.2 Å². The Morgan fingerprint density at radius 1 is 1.35 bits per heavy atom. The normalized spacial score (nSPS) is 11.3. The van der Waals surface area contributed by atoms with Gasteiger partial charge in [-0.2, -0.15) is 0 Å². The molecule has 0 saturated carbocycles. The van der Waals surface area contributed by atoms with Crippen LogP contribution in [0.1, 0.15) is 11.4 Å². The number of hydrogen-bond acceptors (Lipinski definition) is 5. The van der Waals surface area contributed by atoms with Gasteiger partial charge in [0, 0.05) is 12.6 Å². The summed E-state index contributed by atoms with van der Waals surface area (Å²) in [4.78, 5) is 7.21. The van der Waals surface area contributed by atoms with E-state index < -0.39 is 10.0 Å². The van der Waals surface area contributed by atoms with Gasteiger partial charge in [-0.05, 0) is 24.6 Å². The zero-order valence-corrected chi connectivity index (χ0v) is 12.4. The summed E-state index contributed by atoms with van der Waals surface area (Å²) in [5.41, 5.74) is 0.922. The molecular formula is C12H14N4O2S2. The first-order valence-corrected chi connectivity index (χ1v) is 7.73. The van der Waals surface area contributed by atoms with Crippen LogP contribution in [0.2, 0.25) is 0 Å². The van der Waals surface area contributed by atoms with E-state index in [0.717, 1.165) is 17.2 Å². The second-order valence-corrected chi connectivity index (χ2v) is 6.24. The molecule has 0 saturated heterocycles. The molecule has 0 fully saturated rings. The molecule has 6 nitrogen and oxygen atoms in total. The van der Waals surface area contributed by atoms with Gasteiger partial charge in [-0.15, -0.1) is 0 Å². The van der Waals surface area contributed by atoms with Crippen molar-refractivity contribution in [3.63, 3.8) is 0 Å². The van der Waals surface area contributed by atoms with Crippen molar-refractivity contribution < 1.29 is 8.42 Å². The standard InChI is InChI=1S/C12H14N4O2S2/c1-8-15-11(6-12(19)16-8)14-7-9-2-4-10(5-3-9)20(13,17)18/h2-6H,7H2,1H3,(H2,13,17,18)(H2,14,15,16,19). The Kier molecular flexibility index (Phi) is 4.17. The number of aromatic nitrogens is 2. The summed E-state index contributed by atoms with van der Waals surface area (Å²) < 4.78 is 22.8. The molecule has 4 N–H and O–H groups in total. The number of primary sulfonamides is 1. The molecule has 1 aromatic heterocycles. The first kappa shape index (κ1) is 14.6. The number of sulfonamides is 1. The number of benzene rings is 1. The minimum Gasteiger partial charge on any atom is -0.367 e. The molecule has 0 radical (unpaired) electrons. The summed E-state index contributed by atoms with van der Waals surface area (Å²) in [5, 5.41) is 8.20. The average molecular weight is 310 g/mol. The molecule has 0 atom stereocenters. The van der Waals surface area contributed by atoms with Gasteiger partial charge in [0.2, 0.25) is 10.0 Å². The number of H-pyrrole nitrogens is 1. The third-order valence-electron chi connectivity index (χ3n) is 2.60. The van der Waals surface area contributed by atoms with Crippen LogP contribution < -0.4 is 10.5 Å². The van der Waals surface area contributed by atoms with Crippen molar-refractivity contribution in [2.75, 3.05) is 5.32 Å². The highest BCUT2D eigenvalue weighted by Crippen LogP contribution is 2.11. The molecule has 0 aliphatic heterocycles. The SMILES string of the molecule is Cc1nc(=S)cc(NCc2ccc(S(N)(=O)=O)cc2)[nH]1. The van der Waals surface area contributed by atoms with Gasteiger partial charge in [0.25, 0.3) is 0 Å². The van der Waals surface area contributed by atoms with Crippen LogP contribution in [0.5, 0.6) is 0 Å². The Morgan fingerprint density at radius 3 is 2.55 bits per heavy atom. The lowest BCUT2D eigenvalue weighted by atomic mass is 10.2. The van der Waals surface area contributed by atoms with Gasteiger partial charge in [0.15, 0.2) is 0 Å². The van der Waals surface area contributed by atoms with Gasteiger partial charge in [-0.1, -0.05) is 24.4 Å². The van der Waals surface area contributed by atoms with Gasteiger partial charge in [-0.25, -0.2) is 18.5 Å². The molecule has 1 heterocycles. The molecule has 0 unspecified atom stereocenters. The second kappa shape index (κ2) is 5.70. The van der Waals surface area contributed by atoms with Crippen molar-refractivity contribution >= 4 is 28.1 Å². The number of nitrogens with one attached hydrogen (secondary N) is 2. The van der Waals surface area contributed by atoms with Gasteiger partial charge in [0.05, 0.1) is 4.90 Å². The lowest BCUT2D eigenvalue weighted by Gasteiger charge is -2.08. The molecule has 1 aromatic carbocycles. The fourth-order valence-electron chi connectivity index (χ4n) is 1.67. The predicted octanol–water partition coefficient (Wildman–Crippen LogP) is 1.71. The number of aromatic amines is 1. The molecule has 0 aliphatic carbocycles. The summed E-state index contributed by atoms with van der Waals surface area (Å²) in [6, 6.07) is 8.09. The summed E-state index contributed by atoms with van der Waals surface area (Å²) >= 11 is 5.02. The first-order valence-electron chi connectivity index (χ1n) is 5.78. The maximum absolute atomic E-state index is 11.1. The zero-order valence-electron chi connectivity index (χ0n) is 10.8. The van der Waals surface area contributed by atoms with Crippen LogP contribution in [-0.4, -0.2) is 18.4 Å². The molecular weight excluding hydrogens is 296 g/mol. The molecule has 0 spiro atoms. The van der Waals surface area contributed by atoms with Crippen molar-refractivity contribution in [1.82, 2.24) is 9.97 Å². The van der Waals surface area contributed by atoms with Crippen molar-refractivity contribution in [2.24, 2.45) is 5.14 Å². The number of nitrogens with zero attached hydrogens (tertiary/aromatic N) is 1. The number of hydrogen-bond donors (Lipinski definition) is 3. The van der Waals surface area contributed by atoms with E-state index >= 15 is 0 Å². The van der Waals surface area contributed by atoms with E-state index in [-0.39, 0.29) is 4.90 Å². The Balaban J connectivity index is 2.09. The average Bonchev–Trinajstić information content (AvgIpc) is 2.35. The summed E-state index contributed by atoms with van der Waals surface area (Å²) in [6.07, 6.45) is 0. The Bertz CT molecular complexity index is 767. The van der Waals surface area contributed by atoms with Crippen molar-refractivity contribution in [3.05, 3.63) is 46.4 Å². The predicted molar refractivity (Wildman–Crippen MR) is 79.3 cm³/mol. The molecule has 0 aliphatic rings. The van der Waals surface area contributed by atoms with Crippen molar-refractivity contribution in [1.29, 1.82) is 0 Å². The number of rotatable bonds is 4. The van der Waals surface area contributed by atoms with Crippen LogP contribution in [0, 0.1) is 11.6 Å². The summed E-state index contributed by atoms with van der Waals surface area (Å²) in [6.45, 7) is 2.35. The van der Waals surface area contributed by atoms with Crippen LogP contribution in [0.15, 0.2) is 35.2 Å². The fourth-order valence-corrected chi connectivity index (χ4v) is 2.44. The van der Waals surface area contributed by atoms with Gasteiger partial charge < -0.3 is 10.3 Å². The second-order valence-electron chi connectivity index (χ2n) is 4.26. The third kappa shape index (κ3) is 3.86. The molecule has 0 amide bonds.